The van der Waals surface area contributed by atoms with Gasteiger partial charge in [0.25, 0.3) is 0 Å². The molecule has 0 saturated carbocycles. The molecule has 0 N–H and O–H groups in total. The molecule has 1 nitrogen and oxygen atoms in total. The van der Waals surface area contributed by atoms with Crippen LogP contribution in [0.25, 0.3) is 0 Å². The van der Waals surface area contributed by atoms with Crippen molar-refractivity contribution in [3.8, 4) is 0 Å². The van der Waals surface area contributed by atoms with Crippen molar-refractivity contribution in [2.45, 2.75) is 6.92 Å². The molecule has 0 saturated heterocycles. The fourth-order valence-electron chi connectivity index (χ4n) is 0.698. The van der Waals surface area contributed by atoms with Crippen molar-refractivity contribution >= 4 is 12.4 Å². The smallest absolute Gasteiger partial charge is 0.0163 e. The lowest BCUT2D eigenvalue weighted by molar-refractivity contribution is 0.355. The second-order valence-electron chi connectivity index (χ2n) is 1.93. The third-order valence-corrected chi connectivity index (χ3v) is 1.22. The van der Waals surface area contributed by atoms with Crippen molar-refractivity contribution in [2.24, 2.45) is 0 Å². The number of nitrogens with zero attached hydrogens (tertiary/aromatic N) is 1. The number of hydrogen-bond acceptors (Lipinski definition) is 1. The normalized spacial score (nSPS) is 8.60. The van der Waals surface area contributed by atoms with Gasteiger partial charge in [-0.1, -0.05) is 19.1 Å². The summed E-state index contributed by atoms with van der Waals surface area (Å²) in [6.45, 7) is 12.4. The number of hydrogen-bond donors (Lipinski definition) is 0. The molecule has 60 valence electrons. The predicted molar refractivity (Wildman–Crippen MR) is 49.8 cm³/mol. The van der Waals surface area contributed by atoms with E-state index >= 15 is 0 Å². The van der Waals surface area contributed by atoms with Gasteiger partial charge in [0.15, 0.2) is 0 Å². The molecule has 0 spiro atoms. The van der Waals surface area contributed by atoms with Gasteiger partial charge >= 0.3 is 0 Å². The van der Waals surface area contributed by atoms with Crippen molar-refractivity contribution in [2.75, 3.05) is 19.6 Å². The van der Waals surface area contributed by atoms with Crippen molar-refractivity contribution in [1.29, 1.82) is 0 Å². The molecular formula is C8H16ClN. The zero-order valence-electron chi connectivity index (χ0n) is 6.55. The third kappa shape index (κ3) is 5.86. The van der Waals surface area contributed by atoms with Crippen LogP contribution < -0.4 is 0 Å². The maximum Gasteiger partial charge on any atom is 0.0163 e. The SMILES string of the molecule is C=CCN(CC)CC=C.Cl. The van der Waals surface area contributed by atoms with Gasteiger partial charge in [0.2, 0.25) is 0 Å². The maximum absolute atomic E-state index is 3.65. The minimum atomic E-state index is 0. The van der Waals surface area contributed by atoms with E-state index in [1.54, 1.807) is 0 Å². The van der Waals surface area contributed by atoms with E-state index in [9.17, 15) is 0 Å². The first-order valence-electron chi connectivity index (χ1n) is 3.29. The summed E-state index contributed by atoms with van der Waals surface area (Å²) < 4.78 is 0. The first kappa shape index (κ1) is 12.4. The van der Waals surface area contributed by atoms with Crippen LogP contribution in [0.15, 0.2) is 25.3 Å². The molecule has 0 aromatic carbocycles. The molecule has 10 heavy (non-hydrogen) atoms. The Labute approximate surface area is 69.8 Å². The van der Waals surface area contributed by atoms with Crippen LogP contribution in [-0.2, 0) is 0 Å². The van der Waals surface area contributed by atoms with Crippen LogP contribution in [0.5, 0.6) is 0 Å². The third-order valence-electron chi connectivity index (χ3n) is 1.22. The molecule has 0 atom stereocenters. The molecule has 0 bridgehead atoms. The van der Waals surface area contributed by atoms with E-state index in [1.165, 1.54) is 0 Å². The van der Waals surface area contributed by atoms with Gasteiger partial charge in [-0.25, -0.2) is 0 Å². The van der Waals surface area contributed by atoms with E-state index in [0.29, 0.717) is 0 Å². The van der Waals surface area contributed by atoms with Gasteiger partial charge in [0.1, 0.15) is 0 Å². The van der Waals surface area contributed by atoms with Crippen LogP contribution in [0, 0.1) is 0 Å². The van der Waals surface area contributed by atoms with Crippen LogP contribution >= 0.6 is 12.4 Å². The van der Waals surface area contributed by atoms with E-state index in [-0.39, 0.29) is 12.4 Å². The molecule has 0 aliphatic carbocycles. The standard InChI is InChI=1S/C8H15N.ClH/c1-4-7-9(6-3)8-5-2;/h4-5H,1-2,6-8H2,3H3;1H. The number of rotatable bonds is 5. The second kappa shape index (κ2) is 8.73. The Bertz CT molecular complexity index is 81.3. The largest absolute Gasteiger partial charge is 0.296 e. The quantitative estimate of drug-likeness (QED) is 0.559. The average molecular weight is 162 g/mol. The van der Waals surface area contributed by atoms with Crippen LogP contribution in [-0.4, -0.2) is 24.5 Å². The molecule has 0 fully saturated rings. The van der Waals surface area contributed by atoms with E-state index in [2.05, 4.69) is 25.0 Å². The van der Waals surface area contributed by atoms with Gasteiger partial charge in [-0.15, -0.1) is 25.6 Å². The first-order valence-corrected chi connectivity index (χ1v) is 3.29. The average Bonchev–Trinajstić information content (AvgIpc) is 1.88. The summed E-state index contributed by atoms with van der Waals surface area (Å²) in [5, 5.41) is 0. The fraction of sp³-hybridized carbons (Fsp3) is 0.500. The highest BCUT2D eigenvalue weighted by Gasteiger charge is 1.92. The fourth-order valence-corrected chi connectivity index (χ4v) is 0.698. The Morgan fingerprint density at radius 1 is 1.20 bits per heavy atom. The summed E-state index contributed by atoms with van der Waals surface area (Å²) in [7, 11) is 0. The Morgan fingerprint density at radius 3 is 1.80 bits per heavy atom. The minimum Gasteiger partial charge on any atom is -0.296 e. The molecule has 0 amide bonds. The number of likely N-dealkylation sites (N-methyl/N-ethyl adjacent to an activating group) is 1. The second-order valence-corrected chi connectivity index (χ2v) is 1.93. The van der Waals surface area contributed by atoms with E-state index in [4.69, 9.17) is 0 Å². The molecule has 0 rings (SSSR count). The van der Waals surface area contributed by atoms with Gasteiger partial charge in [-0.05, 0) is 6.54 Å². The molecule has 0 aliphatic heterocycles. The highest BCUT2D eigenvalue weighted by molar-refractivity contribution is 5.85. The van der Waals surface area contributed by atoms with Gasteiger partial charge in [-0.2, -0.15) is 0 Å². The first-order chi connectivity index (χ1) is 4.35. The van der Waals surface area contributed by atoms with E-state index in [0.717, 1.165) is 19.6 Å². The summed E-state index contributed by atoms with van der Waals surface area (Å²) in [6, 6.07) is 0. The summed E-state index contributed by atoms with van der Waals surface area (Å²) in [5.41, 5.74) is 0. The topological polar surface area (TPSA) is 3.24 Å². The molecule has 0 aromatic heterocycles. The summed E-state index contributed by atoms with van der Waals surface area (Å²) in [6.07, 6.45) is 3.82. The van der Waals surface area contributed by atoms with Gasteiger partial charge in [0, 0.05) is 13.1 Å². The van der Waals surface area contributed by atoms with Crippen LogP contribution in [0.4, 0.5) is 0 Å². The molecule has 0 aromatic rings. The Balaban J connectivity index is 0. The Kier molecular flexibility index (Phi) is 10.8. The lowest BCUT2D eigenvalue weighted by Gasteiger charge is -2.14. The van der Waals surface area contributed by atoms with Crippen molar-refractivity contribution in [1.82, 2.24) is 4.90 Å². The lowest BCUT2D eigenvalue weighted by Crippen LogP contribution is -2.22. The maximum atomic E-state index is 3.65. The van der Waals surface area contributed by atoms with Crippen LogP contribution in [0.1, 0.15) is 6.92 Å². The number of halogens is 1. The zero-order chi connectivity index (χ0) is 7.11. The van der Waals surface area contributed by atoms with Gasteiger partial charge in [0.05, 0.1) is 0 Å². The minimum absolute atomic E-state index is 0. The highest BCUT2D eigenvalue weighted by atomic mass is 35.5. The van der Waals surface area contributed by atoms with Crippen molar-refractivity contribution in [3.63, 3.8) is 0 Å². The molecule has 0 aliphatic rings. The van der Waals surface area contributed by atoms with Crippen LogP contribution in [0.2, 0.25) is 0 Å². The molecule has 0 radical (unpaired) electrons. The summed E-state index contributed by atoms with van der Waals surface area (Å²) in [5.74, 6) is 0. The van der Waals surface area contributed by atoms with Crippen molar-refractivity contribution in [3.05, 3.63) is 25.3 Å². The Hall–Kier alpha value is -0.270. The van der Waals surface area contributed by atoms with Crippen molar-refractivity contribution < 1.29 is 0 Å². The van der Waals surface area contributed by atoms with E-state index < -0.39 is 0 Å². The Morgan fingerprint density at radius 2 is 1.60 bits per heavy atom. The van der Waals surface area contributed by atoms with Gasteiger partial charge < -0.3 is 0 Å². The molecule has 0 heterocycles. The zero-order valence-corrected chi connectivity index (χ0v) is 7.36. The molecule has 2 heteroatoms. The highest BCUT2D eigenvalue weighted by Crippen LogP contribution is 1.86. The van der Waals surface area contributed by atoms with Crippen LogP contribution in [0.3, 0.4) is 0 Å². The van der Waals surface area contributed by atoms with Gasteiger partial charge in [-0.3, -0.25) is 4.90 Å². The summed E-state index contributed by atoms with van der Waals surface area (Å²) in [4.78, 5) is 2.25. The monoisotopic (exact) mass is 161 g/mol. The summed E-state index contributed by atoms with van der Waals surface area (Å²) >= 11 is 0. The van der Waals surface area contributed by atoms with E-state index in [1.807, 2.05) is 12.2 Å². The molecular weight excluding hydrogens is 146 g/mol. The predicted octanol–water partition coefficient (Wildman–Crippen LogP) is 2.10. The molecule has 0 unspecified atom stereocenters. The lowest BCUT2D eigenvalue weighted by atomic mass is 10.4.